The second kappa shape index (κ2) is 7.90. The van der Waals surface area contributed by atoms with E-state index in [9.17, 15) is 0 Å². The number of rotatable bonds is 6. The van der Waals surface area contributed by atoms with Crippen LogP contribution in [0.25, 0.3) is 0 Å². The Hall–Kier alpha value is -2.43. The Kier molecular flexibility index (Phi) is 5.41. The van der Waals surface area contributed by atoms with Gasteiger partial charge in [-0.05, 0) is 69.2 Å². The van der Waals surface area contributed by atoms with E-state index in [-0.39, 0.29) is 0 Å². The molecule has 5 nitrogen and oxygen atoms in total. The Bertz CT molecular complexity index is 723. The van der Waals surface area contributed by atoms with Gasteiger partial charge >= 0.3 is 0 Å². The molecule has 2 aromatic rings. The maximum absolute atomic E-state index is 4.49. The van der Waals surface area contributed by atoms with Crippen LogP contribution < -0.4 is 10.6 Å². The quantitative estimate of drug-likeness (QED) is 0.764. The molecular formula is C19H25N5. The highest BCUT2D eigenvalue weighted by atomic mass is 15.3. The Morgan fingerprint density at radius 3 is 2.83 bits per heavy atom. The summed E-state index contributed by atoms with van der Waals surface area (Å²) in [6.07, 6.45) is 10.3. The number of nitrogens with zero attached hydrogens (tertiary/aromatic N) is 3. The minimum atomic E-state index is 0.514. The minimum absolute atomic E-state index is 0.514. The molecule has 0 saturated carbocycles. The van der Waals surface area contributed by atoms with Crippen molar-refractivity contribution in [1.82, 2.24) is 15.2 Å². The molecule has 0 bridgehead atoms. The van der Waals surface area contributed by atoms with Crippen molar-refractivity contribution in [3.63, 3.8) is 0 Å². The van der Waals surface area contributed by atoms with Gasteiger partial charge in [-0.25, -0.2) is 0 Å². The number of nitrogens with one attached hydrogen (secondary N) is 2. The Labute approximate surface area is 143 Å². The molecule has 1 aromatic heterocycles. The van der Waals surface area contributed by atoms with Crippen molar-refractivity contribution < 1.29 is 0 Å². The zero-order valence-electron chi connectivity index (χ0n) is 14.5. The smallest absolute Gasteiger partial charge is 0.249 e. The highest BCUT2D eigenvalue weighted by Gasteiger charge is 2.05. The van der Waals surface area contributed by atoms with E-state index in [0.717, 1.165) is 24.5 Å². The lowest BCUT2D eigenvalue weighted by Gasteiger charge is -2.13. The summed E-state index contributed by atoms with van der Waals surface area (Å²) in [6, 6.07) is 6.21. The lowest BCUT2D eigenvalue weighted by atomic mass is 9.97. The largest absolute Gasteiger partial charge is 0.368 e. The molecule has 0 fully saturated rings. The van der Waals surface area contributed by atoms with Crippen LogP contribution in [0.4, 0.5) is 17.5 Å². The molecule has 0 spiro atoms. The van der Waals surface area contributed by atoms with Gasteiger partial charge in [-0.3, -0.25) is 0 Å². The lowest BCUT2D eigenvalue weighted by Crippen LogP contribution is -2.08. The molecular weight excluding hydrogens is 298 g/mol. The minimum Gasteiger partial charge on any atom is -0.368 e. The monoisotopic (exact) mass is 323 g/mol. The van der Waals surface area contributed by atoms with Gasteiger partial charge in [-0.15, -0.1) is 5.10 Å². The summed E-state index contributed by atoms with van der Waals surface area (Å²) in [4.78, 5) is 4.49. The van der Waals surface area contributed by atoms with Gasteiger partial charge in [-0.2, -0.15) is 10.1 Å². The first-order valence-electron chi connectivity index (χ1n) is 8.66. The normalized spacial score (nSPS) is 14.2. The molecule has 0 aliphatic heterocycles. The Balaban J connectivity index is 1.57. The number of aryl methyl sites for hydroxylation is 2. The molecule has 24 heavy (non-hydrogen) atoms. The third-order valence-corrected chi connectivity index (χ3v) is 4.46. The fraction of sp³-hybridized carbons (Fsp3) is 0.421. The summed E-state index contributed by atoms with van der Waals surface area (Å²) in [7, 11) is 0. The van der Waals surface area contributed by atoms with Gasteiger partial charge in [0.1, 0.15) is 0 Å². The second-order valence-electron chi connectivity index (χ2n) is 6.37. The molecule has 0 unspecified atom stereocenters. The number of anilines is 3. The summed E-state index contributed by atoms with van der Waals surface area (Å²) in [5.41, 5.74) is 5.05. The summed E-state index contributed by atoms with van der Waals surface area (Å²) >= 11 is 0. The average Bonchev–Trinajstić information content (AvgIpc) is 2.60. The zero-order valence-corrected chi connectivity index (χ0v) is 14.5. The van der Waals surface area contributed by atoms with Crippen molar-refractivity contribution >= 4 is 17.5 Å². The van der Waals surface area contributed by atoms with Crippen LogP contribution in [0.1, 0.15) is 43.2 Å². The average molecular weight is 323 g/mol. The highest BCUT2D eigenvalue weighted by Crippen LogP contribution is 2.20. The molecule has 0 amide bonds. The van der Waals surface area contributed by atoms with Crippen LogP contribution in [0, 0.1) is 13.8 Å². The molecule has 1 heterocycles. The van der Waals surface area contributed by atoms with Crippen molar-refractivity contribution in [2.45, 2.75) is 46.0 Å². The SMILES string of the molecule is Cc1ccc(Nc2nncc(NCCC3=CCCCC3)n2)cc1C. The number of hydrogen-bond donors (Lipinski definition) is 2. The first-order valence-corrected chi connectivity index (χ1v) is 8.66. The van der Waals surface area contributed by atoms with Crippen LogP contribution in [0.5, 0.6) is 0 Å². The maximum Gasteiger partial charge on any atom is 0.249 e. The molecule has 5 heteroatoms. The number of hydrogen-bond acceptors (Lipinski definition) is 5. The third-order valence-electron chi connectivity index (χ3n) is 4.46. The van der Waals surface area contributed by atoms with E-state index < -0.39 is 0 Å². The van der Waals surface area contributed by atoms with E-state index in [2.05, 4.69) is 57.9 Å². The molecule has 1 aliphatic rings. The van der Waals surface area contributed by atoms with Crippen LogP contribution >= 0.6 is 0 Å². The molecule has 0 atom stereocenters. The van der Waals surface area contributed by atoms with Crippen LogP contribution in [0.3, 0.4) is 0 Å². The van der Waals surface area contributed by atoms with Crippen molar-refractivity contribution in [1.29, 1.82) is 0 Å². The zero-order chi connectivity index (χ0) is 16.8. The second-order valence-corrected chi connectivity index (χ2v) is 6.37. The van der Waals surface area contributed by atoms with Crippen LogP contribution in [0.15, 0.2) is 36.0 Å². The third kappa shape index (κ3) is 4.54. The fourth-order valence-corrected chi connectivity index (χ4v) is 2.87. The van der Waals surface area contributed by atoms with Gasteiger partial charge in [0.2, 0.25) is 5.95 Å². The molecule has 1 aliphatic carbocycles. The van der Waals surface area contributed by atoms with E-state index in [1.54, 1.807) is 11.8 Å². The van der Waals surface area contributed by atoms with Gasteiger partial charge in [0.25, 0.3) is 0 Å². The van der Waals surface area contributed by atoms with E-state index >= 15 is 0 Å². The van der Waals surface area contributed by atoms with E-state index in [1.165, 1.54) is 36.8 Å². The lowest BCUT2D eigenvalue weighted by molar-refractivity contribution is 0.679. The Morgan fingerprint density at radius 1 is 1.12 bits per heavy atom. The van der Waals surface area contributed by atoms with E-state index in [1.807, 2.05) is 6.07 Å². The predicted molar refractivity (Wildman–Crippen MR) is 98.7 cm³/mol. The first-order chi connectivity index (χ1) is 11.7. The fourth-order valence-electron chi connectivity index (χ4n) is 2.87. The van der Waals surface area contributed by atoms with Crippen LogP contribution in [0.2, 0.25) is 0 Å². The number of benzene rings is 1. The Morgan fingerprint density at radius 2 is 2.04 bits per heavy atom. The van der Waals surface area contributed by atoms with Crippen LogP contribution in [-0.2, 0) is 0 Å². The van der Waals surface area contributed by atoms with E-state index in [4.69, 9.17) is 0 Å². The van der Waals surface area contributed by atoms with Gasteiger partial charge < -0.3 is 10.6 Å². The topological polar surface area (TPSA) is 62.7 Å². The summed E-state index contributed by atoms with van der Waals surface area (Å²) in [6.45, 7) is 5.08. The van der Waals surface area contributed by atoms with Gasteiger partial charge in [0.15, 0.2) is 5.82 Å². The molecule has 126 valence electrons. The number of allylic oxidation sites excluding steroid dienone is 1. The van der Waals surface area contributed by atoms with Crippen molar-refractivity contribution in [3.8, 4) is 0 Å². The first kappa shape index (κ1) is 16.4. The molecule has 3 rings (SSSR count). The molecule has 0 radical (unpaired) electrons. The standard InChI is InChI=1S/C19H25N5/c1-14-8-9-17(12-15(14)2)22-19-23-18(13-21-24-19)20-11-10-16-6-4-3-5-7-16/h6,8-9,12-13H,3-5,7,10-11H2,1-2H3,(H2,20,22,23,24). The van der Waals surface area contributed by atoms with Gasteiger partial charge in [0.05, 0.1) is 6.20 Å². The van der Waals surface area contributed by atoms with E-state index in [0.29, 0.717) is 5.95 Å². The summed E-state index contributed by atoms with van der Waals surface area (Å²) < 4.78 is 0. The maximum atomic E-state index is 4.49. The van der Waals surface area contributed by atoms with Crippen LogP contribution in [-0.4, -0.2) is 21.7 Å². The summed E-state index contributed by atoms with van der Waals surface area (Å²) in [5, 5.41) is 14.7. The molecule has 0 saturated heterocycles. The highest BCUT2D eigenvalue weighted by molar-refractivity contribution is 5.56. The van der Waals surface area contributed by atoms with Gasteiger partial charge in [-0.1, -0.05) is 17.7 Å². The van der Waals surface area contributed by atoms with Crippen molar-refractivity contribution in [2.24, 2.45) is 0 Å². The predicted octanol–water partition coefficient (Wildman–Crippen LogP) is 4.53. The van der Waals surface area contributed by atoms with Crippen molar-refractivity contribution in [2.75, 3.05) is 17.2 Å². The summed E-state index contributed by atoms with van der Waals surface area (Å²) in [5.74, 6) is 1.27. The van der Waals surface area contributed by atoms with Gasteiger partial charge in [0, 0.05) is 12.2 Å². The number of aromatic nitrogens is 3. The molecule has 1 aromatic carbocycles. The molecule has 2 N–H and O–H groups in total. The van der Waals surface area contributed by atoms with Crippen molar-refractivity contribution in [3.05, 3.63) is 47.2 Å².